The van der Waals surface area contributed by atoms with Crippen molar-refractivity contribution in [3.05, 3.63) is 69.2 Å². The van der Waals surface area contributed by atoms with Crippen LogP contribution in [0.1, 0.15) is 11.1 Å². The lowest BCUT2D eigenvalue weighted by Gasteiger charge is -2.14. The molecule has 0 aliphatic heterocycles. The van der Waals surface area contributed by atoms with Gasteiger partial charge < -0.3 is 5.73 Å². The predicted octanol–water partition coefficient (Wildman–Crippen LogP) is 4.12. The highest BCUT2D eigenvalue weighted by Crippen LogP contribution is 2.23. The Bertz CT molecular complexity index is 660. The van der Waals surface area contributed by atoms with Gasteiger partial charge in [0, 0.05) is 17.7 Å². The van der Waals surface area contributed by atoms with Crippen LogP contribution >= 0.6 is 15.9 Å². The average molecular weight is 362 g/mol. The van der Waals surface area contributed by atoms with E-state index in [9.17, 15) is 17.6 Å². The van der Waals surface area contributed by atoms with Crippen LogP contribution in [0.4, 0.5) is 17.6 Å². The zero-order valence-corrected chi connectivity index (χ0v) is 12.4. The quantitative estimate of drug-likeness (QED) is 0.643. The minimum absolute atomic E-state index is 0.0531. The van der Waals surface area contributed by atoms with E-state index in [-0.39, 0.29) is 28.4 Å². The second kappa shape index (κ2) is 6.58. The summed E-state index contributed by atoms with van der Waals surface area (Å²) in [5.74, 6) is -2.83. The number of rotatable bonds is 4. The maximum atomic E-state index is 13.8. The van der Waals surface area contributed by atoms with Crippen LogP contribution in [0.2, 0.25) is 0 Å². The first-order valence-corrected chi connectivity index (χ1v) is 6.99. The molecule has 1 nitrogen and oxygen atoms in total. The number of halogens is 5. The number of benzene rings is 2. The van der Waals surface area contributed by atoms with Gasteiger partial charge >= 0.3 is 0 Å². The van der Waals surface area contributed by atoms with E-state index in [2.05, 4.69) is 15.9 Å². The van der Waals surface area contributed by atoms with Gasteiger partial charge in [0.2, 0.25) is 0 Å². The molecule has 0 bridgehead atoms. The molecule has 2 aromatic carbocycles. The van der Waals surface area contributed by atoms with Crippen LogP contribution < -0.4 is 5.73 Å². The molecule has 0 saturated heterocycles. The summed E-state index contributed by atoms with van der Waals surface area (Å²) in [5.41, 5.74) is 5.88. The Labute approximate surface area is 127 Å². The lowest BCUT2D eigenvalue weighted by Crippen LogP contribution is -2.27. The minimum Gasteiger partial charge on any atom is -0.327 e. The topological polar surface area (TPSA) is 26.0 Å². The van der Waals surface area contributed by atoms with Crippen LogP contribution in [0.3, 0.4) is 0 Å². The normalized spacial score (nSPS) is 12.5. The smallest absolute Gasteiger partial charge is 0.143 e. The summed E-state index contributed by atoms with van der Waals surface area (Å²) in [6, 6.07) is 4.85. The molecule has 2 N–H and O–H groups in total. The van der Waals surface area contributed by atoms with Crippen LogP contribution in [-0.2, 0) is 12.8 Å². The molecule has 0 saturated carbocycles. The van der Waals surface area contributed by atoms with E-state index < -0.39 is 29.3 Å². The van der Waals surface area contributed by atoms with E-state index in [0.717, 1.165) is 18.2 Å². The van der Waals surface area contributed by atoms with E-state index in [0.29, 0.717) is 0 Å². The lowest BCUT2D eigenvalue weighted by molar-refractivity contribution is 0.522. The Hall–Kier alpha value is -1.40. The Morgan fingerprint density at radius 2 is 1.67 bits per heavy atom. The van der Waals surface area contributed by atoms with E-state index >= 15 is 0 Å². The van der Waals surface area contributed by atoms with E-state index in [4.69, 9.17) is 5.73 Å². The second-order valence-electron chi connectivity index (χ2n) is 4.73. The molecule has 2 rings (SSSR count). The third kappa shape index (κ3) is 3.83. The first-order valence-electron chi connectivity index (χ1n) is 6.20. The molecule has 0 fully saturated rings. The fourth-order valence-electron chi connectivity index (χ4n) is 2.06. The van der Waals surface area contributed by atoms with Gasteiger partial charge in [0.15, 0.2) is 0 Å². The van der Waals surface area contributed by atoms with Gasteiger partial charge in [-0.2, -0.15) is 0 Å². The van der Waals surface area contributed by atoms with Crippen molar-refractivity contribution in [3.8, 4) is 0 Å². The average Bonchev–Trinajstić information content (AvgIpc) is 2.42. The monoisotopic (exact) mass is 361 g/mol. The van der Waals surface area contributed by atoms with Crippen molar-refractivity contribution in [2.75, 3.05) is 0 Å². The van der Waals surface area contributed by atoms with Gasteiger partial charge in [0.1, 0.15) is 23.3 Å². The summed E-state index contributed by atoms with van der Waals surface area (Å²) in [5, 5.41) is 0. The summed E-state index contributed by atoms with van der Waals surface area (Å²) < 4.78 is 53.9. The summed E-state index contributed by atoms with van der Waals surface area (Å²) in [6.07, 6.45) is -0.0363. The number of hydrogen-bond acceptors (Lipinski definition) is 1. The van der Waals surface area contributed by atoms with E-state index in [1.165, 1.54) is 12.1 Å². The third-order valence-corrected chi connectivity index (χ3v) is 3.71. The zero-order valence-electron chi connectivity index (χ0n) is 10.8. The number of hydrogen-bond donors (Lipinski definition) is 1. The first kappa shape index (κ1) is 16.0. The van der Waals surface area contributed by atoms with Crippen LogP contribution in [0.25, 0.3) is 0 Å². The molecular formula is C15H12BrF4N. The van der Waals surface area contributed by atoms with Crippen molar-refractivity contribution < 1.29 is 17.6 Å². The summed E-state index contributed by atoms with van der Waals surface area (Å²) in [6.45, 7) is 0. The molecule has 21 heavy (non-hydrogen) atoms. The first-order chi connectivity index (χ1) is 9.88. The Kier molecular flexibility index (Phi) is 5.00. The Morgan fingerprint density at radius 3 is 2.33 bits per heavy atom. The van der Waals surface area contributed by atoms with Crippen LogP contribution in [-0.4, -0.2) is 6.04 Å². The molecule has 0 heterocycles. The van der Waals surface area contributed by atoms with Gasteiger partial charge in [0.05, 0.1) is 4.47 Å². The minimum atomic E-state index is -0.722. The highest BCUT2D eigenvalue weighted by Gasteiger charge is 2.17. The maximum absolute atomic E-state index is 13.8. The SMILES string of the molecule is NC(Cc1ccc(F)cc1F)Cc1c(F)ccc(Br)c1F. The van der Waals surface area contributed by atoms with Gasteiger partial charge in [-0.3, -0.25) is 0 Å². The zero-order chi connectivity index (χ0) is 15.6. The van der Waals surface area contributed by atoms with E-state index in [1.807, 2.05) is 0 Å². The van der Waals surface area contributed by atoms with Crippen molar-refractivity contribution in [2.45, 2.75) is 18.9 Å². The molecule has 6 heteroatoms. The van der Waals surface area contributed by atoms with Gasteiger partial charge in [0.25, 0.3) is 0 Å². The van der Waals surface area contributed by atoms with Crippen molar-refractivity contribution in [3.63, 3.8) is 0 Å². The molecule has 0 aromatic heterocycles. The van der Waals surface area contributed by atoms with Gasteiger partial charge in [-0.05, 0) is 52.5 Å². The number of nitrogens with two attached hydrogens (primary N) is 1. The lowest BCUT2D eigenvalue weighted by atomic mass is 9.98. The molecule has 0 radical (unpaired) electrons. The summed E-state index contributed by atoms with van der Waals surface area (Å²) in [7, 11) is 0. The molecule has 1 unspecified atom stereocenters. The molecule has 112 valence electrons. The van der Waals surface area contributed by atoms with Crippen molar-refractivity contribution >= 4 is 15.9 Å². The van der Waals surface area contributed by atoms with Crippen molar-refractivity contribution in [1.29, 1.82) is 0 Å². The fourth-order valence-corrected chi connectivity index (χ4v) is 2.43. The van der Waals surface area contributed by atoms with Crippen molar-refractivity contribution in [2.24, 2.45) is 5.73 Å². The van der Waals surface area contributed by atoms with Crippen LogP contribution in [0.15, 0.2) is 34.8 Å². The van der Waals surface area contributed by atoms with Gasteiger partial charge in [-0.1, -0.05) is 6.07 Å². The molecular weight excluding hydrogens is 350 g/mol. The molecule has 0 spiro atoms. The summed E-state index contributed by atoms with van der Waals surface area (Å²) in [4.78, 5) is 0. The summed E-state index contributed by atoms with van der Waals surface area (Å²) >= 11 is 2.97. The molecule has 0 amide bonds. The third-order valence-electron chi connectivity index (χ3n) is 3.10. The van der Waals surface area contributed by atoms with Crippen molar-refractivity contribution in [1.82, 2.24) is 0 Å². The van der Waals surface area contributed by atoms with Gasteiger partial charge in [-0.15, -0.1) is 0 Å². The maximum Gasteiger partial charge on any atom is 0.143 e. The standard InChI is InChI=1S/C15H12BrF4N/c16-12-3-4-13(18)11(15(12)20)7-10(21)5-8-1-2-9(17)6-14(8)19/h1-4,6,10H,5,7,21H2. The molecule has 2 aromatic rings. The molecule has 0 aliphatic rings. The highest BCUT2D eigenvalue weighted by atomic mass is 79.9. The predicted molar refractivity (Wildman–Crippen MR) is 75.8 cm³/mol. The van der Waals surface area contributed by atoms with Crippen LogP contribution in [0, 0.1) is 23.3 Å². The van der Waals surface area contributed by atoms with Gasteiger partial charge in [-0.25, -0.2) is 17.6 Å². The second-order valence-corrected chi connectivity index (χ2v) is 5.58. The van der Waals surface area contributed by atoms with Crippen LogP contribution in [0.5, 0.6) is 0 Å². The largest absolute Gasteiger partial charge is 0.327 e. The fraction of sp³-hybridized carbons (Fsp3) is 0.200. The Balaban J connectivity index is 2.15. The molecule has 1 atom stereocenters. The Morgan fingerprint density at radius 1 is 0.952 bits per heavy atom. The van der Waals surface area contributed by atoms with E-state index in [1.54, 1.807) is 0 Å². The highest BCUT2D eigenvalue weighted by molar-refractivity contribution is 9.10. The molecule has 0 aliphatic carbocycles.